The van der Waals surface area contributed by atoms with Crippen molar-refractivity contribution < 1.29 is 9.59 Å². The lowest BCUT2D eigenvalue weighted by atomic mass is 10.1. The largest absolute Gasteiger partial charge is 0.354 e. The molecule has 2 aromatic carbocycles. The van der Waals surface area contributed by atoms with Crippen molar-refractivity contribution in [3.8, 4) is 0 Å². The quantitative estimate of drug-likeness (QED) is 0.830. The van der Waals surface area contributed by atoms with Crippen LogP contribution in [-0.2, 0) is 16.0 Å². The van der Waals surface area contributed by atoms with E-state index in [0.29, 0.717) is 12.3 Å². The second-order valence-electron chi connectivity index (χ2n) is 7.04. The first-order chi connectivity index (χ1) is 13.1. The first-order valence-corrected chi connectivity index (χ1v) is 10.4. The van der Waals surface area contributed by atoms with Crippen molar-refractivity contribution in [2.75, 3.05) is 12.3 Å². The molecule has 1 heterocycles. The molecule has 2 atom stereocenters. The lowest BCUT2D eigenvalue weighted by Gasteiger charge is -2.30. The Balaban J connectivity index is 1.69. The van der Waals surface area contributed by atoms with Gasteiger partial charge in [0.25, 0.3) is 0 Å². The van der Waals surface area contributed by atoms with Crippen LogP contribution >= 0.6 is 11.8 Å². The van der Waals surface area contributed by atoms with Gasteiger partial charge in [-0.15, -0.1) is 11.8 Å². The molecule has 1 aliphatic heterocycles. The summed E-state index contributed by atoms with van der Waals surface area (Å²) in [6.45, 7) is 4.35. The number of carbonyl (C=O) groups excluding carboxylic acids is 2. The standard InChI is InChI=1S/C22H26N2O2S/c1-16(2)21(26)24-19(15-27-22(24)18-11-7-4-8-12-18)20(25)23-14-13-17-9-5-3-6-10-17/h3-12,16,19,22H,13-15H2,1-2H3,(H,23,25)/t19-,22-/m0/s1. The lowest BCUT2D eigenvalue weighted by Crippen LogP contribution is -2.49. The van der Waals surface area contributed by atoms with Gasteiger partial charge in [-0.25, -0.2) is 0 Å². The number of nitrogens with one attached hydrogen (secondary N) is 1. The second kappa shape index (κ2) is 9.09. The molecule has 27 heavy (non-hydrogen) atoms. The van der Waals surface area contributed by atoms with E-state index in [1.807, 2.05) is 62.4 Å². The molecule has 0 radical (unpaired) electrons. The smallest absolute Gasteiger partial charge is 0.243 e. The molecule has 0 aromatic heterocycles. The van der Waals surface area contributed by atoms with Gasteiger partial charge < -0.3 is 10.2 Å². The molecule has 0 saturated carbocycles. The van der Waals surface area contributed by atoms with Crippen molar-refractivity contribution in [2.45, 2.75) is 31.7 Å². The van der Waals surface area contributed by atoms with Crippen LogP contribution in [0.2, 0.25) is 0 Å². The van der Waals surface area contributed by atoms with E-state index in [4.69, 9.17) is 0 Å². The average molecular weight is 383 g/mol. The summed E-state index contributed by atoms with van der Waals surface area (Å²) in [4.78, 5) is 27.5. The lowest BCUT2D eigenvalue weighted by molar-refractivity contribution is -0.142. The molecule has 0 unspecified atom stereocenters. The van der Waals surface area contributed by atoms with Crippen LogP contribution in [0.5, 0.6) is 0 Å². The van der Waals surface area contributed by atoms with E-state index < -0.39 is 6.04 Å². The second-order valence-corrected chi connectivity index (χ2v) is 8.15. The number of carbonyl (C=O) groups is 2. The third-order valence-corrected chi connectivity index (χ3v) is 6.02. The Morgan fingerprint density at radius 3 is 2.33 bits per heavy atom. The molecule has 4 nitrogen and oxygen atoms in total. The summed E-state index contributed by atoms with van der Waals surface area (Å²) < 4.78 is 0. The maximum Gasteiger partial charge on any atom is 0.243 e. The van der Waals surface area contributed by atoms with Crippen LogP contribution < -0.4 is 5.32 Å². The number of rotatable bonds is 6. The molecule has 142 valence electrons. The maximum absolute atomic E-state index is 12.9. The zero-order valence-corrected chi connectivity index (χ0v) is 16.6. The summed E-state index contributed by atoms with van der Waals surface area (Å²) >= 11 is 1.66. The highest BCUT2D eigenvalue weighted by Crippen LogP contribution is 2.42. The third-order valence-electron chi connectivity index (χ3n) is 4.69. The first kappa shape index (κ1) is 19.5. The van der Waals surface area contributed by atoms with Crippen LogP contribution in [-0.4, -0.2) is 35.1 Å². The summed E-state index contributed by atoms with van der Waals surface area (Å²) in [6, 6.07) is 19.6. The fraction of sp³-hybridized carbons (Fsp3) is 0.364. The van der Waals surface area contributed by atoms with Gasteiger partial charge in [0.05, 0.1) is 0 Å². The molecular weight excluding hydrogens is 356 g/mol. The molecule has 0 spiro atoms. The Kier molecular flexibility index (Phi) is 6.56. The molecule has 0 aliphatic carbocycles. The normalized spacial score (nSPS) is 19.3. The van der Waals surface area contributed by atoms with Crippen LogP contribution in [0.1, 0.15) is 30.3 Å². The van der Waals surface area contributed by atoms with Gasteiger partial charge in [-0.1, -0.05) is 74.5 Å². The Bertz CT molecular complexity index is 764. The van der Waals surface area contributed by atoms with Crippen LogP contribution in [0.3, 0.4) is 0 Å². The zero-order chi connectivity index (χ0) is 19.2. The minimum Gasteiger partial charge on any atom is -0.354 e. The first-order valence-electron chi connectivity index (χ1n) is 9.38. The number of hydrogen-bond donors (Lipinski definition) is 1. The fourth-order valence-electron chi connectivity index (χ4n) is 3.24. The molecule has 2 amide bonds. The van der Waals surface area contributed by atoms with Gasteiger partial charge in [-0.05, 0) is 17.5 Å². The summed E-state index contributed by atoms with van der Waals surface area (Å²) in [5.74, 6) is 0.437. The number of nitrogens with zero attached hydrogens (tertiary/aromatic N) is 1. The third kappa shape index (κ3) is 4.72. The zero-order valence-electron chi connectivity index (χ0n) is 15.8. The molecule has 0 bridgehead atoms. The van der Waals surface area contributed by atoms with Gasteiger partial charge >= 0.3 is 0 Å². The average Bonchev–Trinajstić information content (AvgIpc) is 3.14. The minimum atomic E-state index is -0.425. The van der Waals surface area contributed by atoms with E-state index in [9.17, 15) is 9.59 Å². The van der Waals surface area contributed by atoms with Gasteiger partial charge in [0.1, 0.15) is 11.4 Å². The molecule has 1 N–H and O–H groups in total. The van der Waals surface area contributed by atoms with Crippen molar-refractivity contribution in [2.24, 2.45) is 5.92 Å². The number of hydrogen-bond acceptors (Lipinski definition) is 3. The van der Waals surface area contributed by atoms with Crippen LogP contribution in [0, 0.1) is 5.92 Å². The highest BCUT2D eigenvalue weighted by atomic mass is 32.2. The van der Waals surface area contributed by atoms with E-state index in [1.54, 1.807) is 16.7 Å². The van der Waals surface area contributed by atoms with E-state index in [1.165, 1.54) is 5.56 Å². The SMILES string of the molecule is CC(C)C(=O)N1[C@H](C(=O)NCCc2ccccc2)CS[C@H]1c1ccccc1. The minimum absolute atomic E-state index is 0.0251. The van der Waals surface area contributed by atoms with Crippen LogP contribution in [0.15, 0.2) is 60.7 Å². The Morgan fingerprint density at radius 2 is 1.70 bits per heavy atom. The van der Waals surface area contributed by atoms with E-state index >= 15 is 0 Å². The molecule has 1 fully saturated rings. The summed E-state index contributed by atoms with van der Waals surface area (Å²) in [5, 5.41) is 2.92. The van der Waals surface area contributed by atoms with E-state index in [0.717, 1.165) is 12.0 Å². The number of amides is 2. The molecule has 5 heteroatoms. The van der Waals surface area contributed by atoms with Crippen molar-refractivity contribution in [3.05, 3.63) is 71.8 Å². The van der Waals surface area contributed by atoms with Crippen molar-refractivity contribution in [1.29, 1.82) is 0 Å². The van der Waals surface area contributed by atoms with E-state index in [2.05, 4.69) is 17.4 Å². The Hall–Kier alpha value is -2.27. The molecule has 3 rings (SSSR count). The highest BCUT2D eigenvalue weighted by molar-refractivity contribution is 7.99. The van der Waals surface area contributed by atoms with Crippen LogP contribution in [0.4, 0.5) is 0 Å². The summed E-state index contributed by atoms with van der Waals surface area (Å²) in [7, 11) is 0. The Labute approximate surface area is 165 Å². The molecule has 1 saturated heterocycles. The summed E-state index contributed by atoms with van der Waals surface area (Å²) in [5.41, 5.74) is 2.26. The molecule has 2 aromatic rings. The van der Waals surface area contributed by atoms with Crippen molar-refractivity contribution >= 4 is 23.6 Å². The maximum atomic E-state index is 12.9. The monoisotopic (exact) mass is 382 g/mol. The van der Waals surface area contributed by atoms with Crippen molar-refractivity contribution in [3.63, 3.8) is 0 Å². The molecule has 1 aliphatic rings. The van der Waals surface area contributed by atoms with E-state index in [-0.39, 0.29) is 23.1 Å². The van der Waals surface area contributed by atoms with Crippen molar-refractivity contribution in [1.82, 2.24) is 10.2 Å². The predicted molar refractivity (Wildman–Crippen MR) is 110 cm³/mol. The topological polar surface area (TPSA) is 49.4 Å². The molecular formula is C22H26N2O2S. The number of benzene rings is 2. The van der Waals surface area contributed by atoms with Gasteiger partial charge in [-0.2, -0.15) is 0 Å². The van der Waals surface area contributed by atoms with Gasteiger partial charge in [0.15, 0.2) is 0 Å². The Morgan fingerprint density at radius 1 is 1.07 bits per heavy atom. The fourth-order valence-corrected chi connectivity index (χ4v) is 4.68. The van der Waals surface area contributed by atoms with Gasteiger partial charge in [0.2, 0.25) is 11.8 Å². The van der Waals surface area contributed by atoms with Crippen LogP contribution in [0.25, 0.3) is 0 Å². The predicted octanol–water partition coefficient (Wildman–Crippen LogP) is 3.64. The number of thioether (sulfide) groups is 1. The summed E-state index contributed by atoms with van der Waals surface area (Å²) in [6.07, 6.45) is 0.784. The highest BCUT2D eigenvalue weighted by Gasteiger charge is 2.42. The van der Waals surface area contributed by atoms with Gasteiger partial charge in [0, 0.05) is 18.2 Å². The van der Waals surface area contributed by atoms with Gasteiger partial charge in [-0.3, -0.25) is 9.59 Å².